The zero-order valence-corrected chi connectivity index (χ0v) is 12.4. The first-order chi connectivity index (χ1) is 9.97. The van der Waals surface area contributed by atoms with Crippen molar-refractivity contribution in [3.05, 3.63) is 40.4 Å². The maximum Gasteiger partial charge on any atom is 0.307 e. The second kappa shape index (κ2) is 5.35. The highest BCUT2D eigenvalue weighted by Gasteiger charge is 2.51. The Morgan fingerprint density at radius 3 is 2.38 bits per heavy atom. The van der Waals surface area contributed by atoms with Gasteiger partial charge in [-0.15, -0.1) is 0 Å². The number of carboxylic acid groups (broad SMARTS) is 1. The summed E-state index contributed by atoms with van der Waals surface area (Å²) in [5.41, 5.74) is 0.519. The molecule has 110 valence electrons. The summed E-state index contributed by atoms with van der Waals surface area (Å²) in [7, 11) is 0. The molecule has 2 N–H and O–H groups in total. The highest BCUT2D eigenvalue weighted by atomic mass is 35.5. The predicted molar refractivity (Wildman–Crippen MR) is 80.4 cm³/mol. The molecule has 1 amide bonds. The SMILES string of the molecule is O=C(Nc1ccc(Cl)c(Cl)c1)[C@@H]1C2C=CC(C2)[C@@H]1C(=O)O. The van der Waals surface area contributed by atoms with E-state index < -0.39 is 17.8 Å². The zero-order valence-electron chi connectivity index (χ0n) is 10.9. The number of benzene rings is 1. The van der Waals surface area contributed by atoms with Crippen LogP contribution in [0.3, 0.4) is 0 Å². The molecule has 1 aromatic carbocycles. The van der Waals surface area contributed by atoms with Crippen LogP contribution in [0.1, 0.15) is 6.42 Å². The Labute approximate surface area is 131 Å². The fourth-order valence-corrected chi connectivity index (χ4v) is 3.61. The number of carboxylic acids is 1. The molecule has 6 heteroatoms. The molecule has 4 atom stereocenters. The van der Waals surface area contributed by atoms with E-state index in [1.54, 1.807) is 18.2 Å². The second-order valence-corrected chi connectivity index (χ2v) is 6.27. The monoisotopic (exact) mass is 325 g/mol. The smallest absolute Gasteiger partial charge is 0.307 e. The van der Waals surface area contributed by atoms with Crippen LogP contribution in [0.4, 0.5) is 5.69 Å². The first kappa shape index (κ1) is 14.4. The van der Waals surface area contributed by atoms with E-state index in [0.717, 1.165) is 6.42 Å². The summed E-state index contributed by atoms with van der Waals surface area (Å²) in [5, 5.41) is 12.8. The standard InChI is InChI=1S/C15H13Cl2NO3/c16-10-4-3-9(6-11(10)17)18-14(19)12-7-1-2-8(5-7)13(12)15(20)21/h1-4,6-8,12-13H,5H2,(H,18,19)(H,20,21)/t7?,8?,12-,13+/m1/s1. The van der Waals surface area contributed by atoms with Gasteiger partial charge in [-0.3, -0.25) is 9.59 Å². The van der Waals surface area contributed by atoms with Gasteiger partial charge in [0.15, 0.2) is 0 Å². The Morgan fingerprint density at radius 1 is 1.10 bits per heavy atom. The van der Waals surface area contributed by atoms with Gasteiger partial charge in [0, 0.05) is 5.69 Å². The van der Waals surface area contributed by atoms with E-state index in [9.17, 15) is 14.7 Å². The minimum atomic E-state index is -0.916. The van der Waals surface area contributed by atoms with E-state index in [1.807, 2.05) is 12.2 Å². The Kier molecular flexibility index (Phi) is 3.68. The average Bonchev–Trinajstić information content (AvgIpc) is 3.03. The third-order valence-corrected chi connectivity index (χ3v) is 4.97. The van der Waals surface area contributed by atoms with Crippen molar-refractivity contribution in [3.63, 3.8) is 0 Å². The summed E-state index contributed by atoms with van der Waals surface area (Å²) in [6.07, 6.45) is 4.59. The van der Waals surface area contributed by atoms with Gasteiger partial charge in [-0.1, -0.05) is 35.4 Å². The normalized spacial score (nSPS) is 29.6. The summed E-state index contributed by atoms with van der Waals surface area (Å²) >= 11 is 11.7. The van der Waals surface area contributed by atoms with E-state index in [0.29, 0.717) is 15.7 Å². The third-order valence-electron chi connectivity index (χ3n) is 4.23. The molecule has 2 aliphatic carbocycles. The molecule has 21 heavy (non-hydrogen) atoms. The lowest BCUT2D eigenvalue weighted by molar-refractivity contribution is -0.146. The lowest BCUT2D eigenvalue weighted by atomic mass is 9.82. The lowest BCUT2D eigenvalue weighted by Crippen LogP contribution is -2.36. The number of hydrogen-bond acceptors (Lipinski definition) is 2. The Hall–Kier alpha value is -1.52. The minimum Gasteiger partial charge on any atom is -0.481 e. The summed E-state index contributed by atoms with van der Waals surface area (Å²) in [5.74, 6) is -2.43. The average molecular weight is 326 g/mol. The number of nitrogens with one attached hydrogen (secondary N) is 1. The van der Waals surface area contributed by atoms with Gasteiger partial charge >= 0.3 is 5.97 Å². The van der Waals surface area contributed by atoms with Crippen molar-refractivity contribution in [1.82, 2.24) is 0 Å². The van der Waals surface area contributed by atoms with Gasteiger partial charge in [0.2, 0.25) is 5.91 Å². The first-order valence-corrected chi connectivity index (χ1v) is 7.40. The quantitative estimate of drug-likeness (QED) is 0.836. The number of anilines is 1. The maximum atomic E-state index is 12.4. The van der Waals surface area contributed by atoms with Crippen LogP contribution in [0.5, 0.6) is 0 Å². The molecule has 0 heterocycles. The molecule has 2 unspecified atom stereocenters. The number of aliphatic carboxylic acids is 1. The molecule has 1 saturated carbocycles. The van der Waals surface area contributed by atoms with Crippen molar-refractivity contribution in [3.8, 4) is 0 Å². The molecule has 1 aromatic rings. The predicted octanol–water partition coefficient (Wildman–Crippen LogP) is 3.45. The van der Waals surface area contributed by atoms with E-state index in [2.05, 4.69) is 5.32 Å². The lowest BCUT2D eigenvalue weighted by Gasteiger charge is -2.23. The van der Waals surface area contributed by atoms with Crippen LogP contribution in [-0.4, -0.2) is 17.0 Å². The zero-order chi connectivity index (χ0) is 15.1. The maximum absolute atomic E-state index is 12.4. The van der Waals surface area contributed by atoms with E-state index in [1.165, 1.54) is 0 Å². The fraction of sp³-hybridized carbons (Fsp3) is 0.333. The van der Waals surface area contributed by atoms with E-state index in [4.69, 9.17) is 23.2 Å². The molecule has 2 aliphatic rings. The first-order valence-electron chi connectivity index (χ1n) is 6.64. The molecular formula is C15H13Cl2NO3. The van der Waals surface area contributed by atoms with E-state index in [-0.39, 0.29) is 17.7 Å². The molecule has 3 rings (SSSR count). The van der Waals surface area contributed by atoms with Gasteiger partial charge in [0.1, 0.15) is 0 Å². The third kappa shape index (κ3) is 2.54. The number of halogens is 2. The molecule has 0 aromatic heterocycles. The number of fused-ring (bicyclic) bond motifs is 2. The highest BCUT2D eigenvalue weighted by molar-refractivity contribution is 6.42. The van der Waals surface area contributed by atoms with Crippen LogP contribution in [0, 0.1) is 23.7 Å². The van der Waals surface area contributed by atoms with Crippen molar-refractivity contribution in [2.45, 2.75) is 6.42 Å². The van der Waals surface area contributed by atoms with Crippen LogP contribution >= 0.6 is 23.2 Å². The fourth-order valence-electron chi connectivity index (χ4n) is 3.32. The van der Waals surface area contributed by atoms with Crippen molar-refractivity contribution in [2.75, 3.05) is 5.32 Å². The second-order valence-electron chi connectivity index (χ2n) is 5.46. The van der Waals surface area contributed by atoms with E-state index >= 15 is 0 Å². The van der Waals surface area contributed by atoms with Crippen molar-refractivity contribution in [2.24, 2.45) is 23.7 Å². The van der Waals surface area contributed by atoms with Gasteiger partial charge in [-0.05, 0) is 36.5 Å². The highest BCUT2D eigenvalue weighted by Crippen LogP contribution is 2.48. The van der Waals surface area contributed by atoms with Gasteiger partial charge in [-0.25, -0.2) is 0 Å². The summed E-state index contributed by atoms with van der Waals surface area (Å²) in [6, 6.07) is 4.79. The van der Waals surface area contributed by atoms with Crippen LogP contribution in [0.15, 0.2) is 30.4 Å². The molecule has 4 nitrogen and oxygen atoms in total. The van der Waals surface area contributed by atoms with Crippen LogP contribution < -0.4 is 5.32 Å². The molecule has 0 spiro atoms. The van der Waals surface area contributed by atoms with Crippen molar-refractivity contribution >= 4 is 40.8 Å². The Morgan fingerprint density at radius 2 is 1.76 bits per heavy atom. The molecule has 0 saturated heterocycles. The molecular weight excluding hydrogens is 313 g/mol. The molecule has 0 radical (unpaired) electrons. The summed E-state index contributed by atoms with van der Waals surface area (Å²) in [4.78, 5) is 23.8. The Balaban J connectivity index is 1.80. The molecule has 1 fully saturated rings. The topological polar surface area (TPSA) is 66.4 Å². The van der Waals surface area contributed by atoms with Gasteiger partial charge < -0.3 is 10.4 Å². The van der Waals surface area contributed by atoms with Gasteiger partial charge in [0.25, 0.3) is 0 Å². The van der Waals surface area contributed by atoms with Crippen molar-refractivity contribution in [1.29, 1.82) is 0 Å². The number of amides is 1. The van der Waals surface area contributed by atoms with Crippen LogP contribution in [-0.2, 0) is 9.59 Å². The van der Waals surface area contributed by atoms with Crippen LogP contribution in [0.25, 0.3) is 0 Å². The summed E-state index contributed by atoms with van der Waals surface area (Å²) < 4.78 is 0. The Bertz CT molecular complexity index is 644. The number of carbonyl (C=O) groups excluding carboxylic acids is 1. The minimum absolute atomic E-state index is 0.00104. The van der Waals surface area contributed by atoms with Gasteiger partial charge in [0.05, 0.1) is 21.9 Å². The molecule has 0 aliphatic heterocycles. The number of hydrogen-bond donors (Lipinski definition) is 2. The number of allylic oxidation sites excluding steroid dienone is 2. The molecule has 2 bridgehead atoms. The van der Waals surface area contributed by atoms with Gasteiger partial charge in [-0.2, -0.15) is 0 Å². The number of carbonyl (C=O) groups is 2. The van der Waals surface area contributed by atoms with Crippen molar-refractivity contribution < 1.29 is 14.7 Å². The van der Waals surface area contributed by atoms with Crippen LogP contribution in [0.2, 0.25) is 10.0 Å². The summed E-state index contributed by atoms with van der Waals surface area (Å²) in [6.45, 7) is 0. The largest absolute Gasteiger partial charge is 0.481 e. The number of rotatable bonds is 3.